The Labute approximate surface area is 254 Å². The average Bonchev–Trinajstić information content (AvgIpc) is 3.75. The fourth-order valence-corrected chi connectivity index (χ4v) is 6.91. The van der Waals surface area contributed by atoms with Crippen LogP contribution >= 0.6 is 23.1 Å². The standard InChI is InChI=1S/C31H35N7O2S2/c1-5-6-7-13-32-22(3)27-18-33-29(42-27)23-10-14-38(15-11-23)28(39)19-37-16-12-31(20-37,41-4)30(40)34-24-8-9-26-25(17-24)21(2)35-36-26/h5-10,13,17-18H,1,3,11-12,14-16,19-20H2,2,4H3,(H,34,40)(H,35,36). The third-order valence-corrected chi connectivity index (χ3v) is 10.1. The van der Waals surface area contributed by atoms with Crippen LogP contribution < -0.4 is 5.32 Å². The SMILES string of the molecule is C=CC=CC=NC(=C)c1cnc(C2=CCN(C(=O)CN3CCC(SC)(C(=O)Nc4ccc5n[nH]c(C)c5c4)C3)CC2)s1. The third-order valence-electron chi connectivity index (χ3n) is 7.67. The zero-order chi connectivity index (χ0) is 29.7. The topological polar surface area (TPSA) is 107 Å². The summed E-state index contributed by atoms with van der Waals surface area (Å²) >= 11 is 3.12. The number of carbonyl (C=O) groups excluding carboxylic acids is 2. The number of aryl methyl sites for hydroxylation is 1. The van der Waals surface area contributed by atoms with Gasteiger partial charge in [-0.3, -0.25) is 24.6 Å². The highest BCUT2D eigenvalue weighted by Gasteiger charge is 2.44. The molecule has 1 fully saturated rings. The number of hydrogen-bond acceptors (Lipinski definition) is 8. The number of amides is 2. The van der Waals surface area contributed by atoms with Gasteiger partial charge in [-0.05, 0) is 55.9 Å². The molecule has 11 heteroatoms. The van der Waals surface area contributed by atoms with E-state index in [1.807, 2.05) is 36.3 Å². The first-order valence-corrected chi connectivity index (χ1v) is 15.8. The van der Waals surface area contributed by atoms with Crippen molar-refractivity contribution < 1.29 is 9.59 Å². The van der Waals surface area contributed by atoms with Crippen LogP contribution in [0.1, 0.15) is 28.4 Å². The molecule has 0 radical (unpaired) electrons. The number of aromatic nitrogens is 3. The second-order valence-electron chi connectivity index (χ2n) is 10.4. The molecule has 1 aromatic carbocycles. The Balaban J connectivity index is 1.14. The summed E-state index contributed by atoms with van der Waals surface area (Å²) in [5, 5.41) is 12.3. The molecule has 1 saturated heterocycles. The predicted molar refractivity (Wildman–Crippen MR) is 175 cm³/mol. The highest BCUT2D eigenvalue weighted by atomic mass is 32.2. The van der Waals surface area contributed by atoms with Crippen molar-refractivity contribution in [3.63, 3.8) is 0 Å². The lowest BCUT2D eigenvalue weighted by Gasteiger charge is -2.29. The molecule has 2 aliphatic rings. The first-order valence-electron chi connectivity index (χ1n) is 13.8. The number of H-pyrrole nitrogens is 1. The van der Waals surface area contributed by atoms with Gasteiger partial charge in [-0.2, -0.15) is 5.10 Å². The fourth-order valence-electron chi connectivity index (χ4n) is 5.16. The lowest BCUT2D eigenvalue weighted by Crippen LogP contribution is -2.45. The van der Waals surface area contributed by atoms with E-state index in [1.54, 1.807) is 53.7 Å². The van der Waals surface area contributed by atoms with Crippen molar-refractivity contribution in [3.05, 3.63) is 77.4 Å². The molecule has 42 heavy (non-hydrogen) atoms. The second kappa shape index (κ2) is 13.0. The van der Waals surface area contributed by atoms with E-state index < -0.39 is 4.75 Å². The lowest BCUT2D eigenvalue weighted by molar-refractivity contribution is -0.132. The Kier molecular flexibility index (Phi) is 9.20. The average molecular weight is 602 g/mol. The van der Waals surface area contributed by atoms with Crippen molar-refractivity contribution in [2.75, 3.05) is 44.3 Å². The van der Waals surface area contributed by atoms with E-state index in [9.17, 15) is 9.59 Å². The number of thiazole rings is 1. The molecule has 1 atom stereocenters. The Hall–Kier alpha value is -3.80. The van der Waals surface area contributed by atoms with Gasteiger partial charge in [0, 0.05) is 55.4 Å². The van der Waals surface area contributed by atoms with E-state index in [2.05, 4.69) is 49.6 Å². The summed E-state index contributed by atoms with van der Waals surface area (Å²) in [6.07, 6.45) is 14.3. The van der Waals surface area contributed by atoms with Gasteiger partial charge in [0.15, 0.2) is 0 Å². The first-order chi connectivity index (χ1) is 20.3. The van der Waals surface area contributed by atoms with E-state index in [1.165, 1.54) is 0 Å². The maximum atomic E-state index is 13.4. The number of fused-ring (bicyclic) bond motifs is 1. The first kappa shape index (κ1) is 29.7. The molecule has 4 heterocycles. The highest BCUT2D eigenvalue weighted by molar-refractivity contribution is 8.00. The molecule has 0 spiro atoms. The minimum atomic E-state index is -0.603. The largest absolute Gasteiger partial charge is 0.338 e. The van der Waals surface area contributed by atoms with Gasteiger partial charge in [0.2, 0.25) is 11.8 Å². The summed E-state index contributed by atoms with van der Waals surface area (Å²) in [6, 6.07) is 5.74. The molecule has 0 bridgehead atoms. The van der Waals surface area contributed by atoms with Gasteiger partial charge in [-0.15, -0.1) is 23.1 Å². The molecule has 2 N–H and O–H groups in total. The smallest absolute Gasteiger partial charge is 0.241 e. The fraction of sp³-hybridized carbons (Fsp3) is 0.323. The number of hydrogen-bond donors (Lipinski definition) is 2. The molecule has 218 valence electrons. The van der Waals surface area contributed by atoms with Crippen molar-refractivity contribution >= 4 is 69.0 Å². The van der Waals surface area contributed by atoms with Gasteiger partial charge in [0.25, 0.3) is 0 Å². The van der Waals surface area contributed by atoms with E-state index >= 15 is 0 Å². The normalized spacial score (nSPS) is 19.6. The molecule has 1 unspecified atom stereocenters. The van der Waals surface area contributed by atoms with E-state index in [4.69, 9.17) is 0 Å². The number of anilines is 1. The quantitative estimate of drug-likeness (QED) is 0.245. The van der Waals surface area contributed by atoms with Gasteiger partial charge < -0.3 is 10.2 Å². The lowest BCUT2D eigenvalue weighted by atomic mass is 10.1. The predicted octanol–water partition coefficient (Wildman–Crippen LogP) is 5.17. The van der Waals surface area contributed by atoms with Gasteiger partial charge in [0.05, 0.1) is 22.6 Å². The number of benzene rings is 1. The van der Waals surface area contributed by atoms with Gasteiger partial charge in [0.1, 0.15) is 9.75 Å². The summed E-state index contributed by atoms with van der Waals surface area (Å²) in [6.45, 7) is 12.4. The van der Waals surface area contributed by atoms with E-state index in [-0.39, 0.29) is 11.8 Å². The summed E-state index contributed by atoms with van der Waals surface area (Å²) in [5.74, 6) is 0.0547. The number of aliphatic imine (C=N–C) groups is 1. The van der Waals surface area contributed by atoms with Crippen LogP contribution in [0.25, 0.3) is 22.2 Å². The van der Waals surface area contributed by atoms with Crippen molar-refractivity contribution in [1.82, 2.24) is 25.0 Å². The zero-order valence-corrected chi connectivity index (χ0v) is 25.6. The number of allylic oxidation sites excluding steroid dienone is 3. The molecule has 0 saturated carbocycles. The summed E-state index contributed by atoms with van der Waals surface area (Å²) in [5.41, 5.74) is 4.39. The van der Waals surface area contributed by atoms with Crippen LogP contribution in [-0.4, -0.2) is 86.7 Å². The molecular formula is C31H35N7O2S2. The van der Waals surface area contributed by atoms with Crippen molar-refractivity contribution in [1.29, 1.82) is 0 Å². The molecule has 2 aromatic heterocycles. The number of aromatic amines is 1. The van der Waals surface area contributed by atoms with Crippen LogP contribution in [0.4, 0.5) is 5.69 Å². The van der Waals surface area contributed by atoms with Crippen LogP contribution in [0.2, 0.25) is 0 Å². The maximum Gasteiger partial charge on any atom is 0.241 e. The number of nitrogens with one attached hydrogen (secondary N) is 2. The van der Waals surface area contributed by atoms with Crippen LogP contribution in [-0.2, 0) is 9.59 Å². The minimum Gasteiger partial charge on any atom is -0.338 e. The summed E-state index contributed by atoms with van der Waals surface area (Å²) in [7, 11) is 0. The Morgan fingerprint density at radius 2 is 2.17 bits per heavy atom. The molecule has 2 amide bonds. The molecule has 0 aliphatic carbocycles. The van der Waals surface area contributed by atoms with Crippen LogP contribution in [0.3, 0.4) is 0 Å². The zero-order valence-electron chi connectivity index (χ0n) is 23.9. The molecule has 5 rings (SSSR count). The number of rotatable bonds is 10. The van der Waals surface area contributed by atoms with Crippen molar-refractivity contribution in [2.24, 2.45) is 4.99 Å². The third kappa shape index (κ3) is 6.48. The summed E-state index contributed by atoms with van der Waals surface area (Å²) < 4.78 is -0.603. The van der Waals surface area contributed by atoms with Gasteiger partial charge in [-0.1, -0.05) is 31.4 Å². The van der Waals surface area contributed by atoms with Gasteiger partial charge >= 0.3 is 0 Å². The van der Waals surface area contributed by atoms with Crippen LogP contribution in [0.5, 0.6) is 0 Å². The summed E-state index contributed by atoms with van der Waals surface area (Å²) in [4.78, 5) is 40.5. The van der Waals surface area contributed by atoms with E-state index in [0.717, 1.165) is 44.2 Å². The van der Waals surface area contributed by atoms with Crippen LogP contribution in [0, 0.1) is 6.92 Å². The van der Waals surface area contributed by atoms with Crippen molar-refractivity contribution in [3.8, 4) is 0 Å². The Bertz CT molecular complexity index is 1600. The maximum absolute atomic E-state index is 13.4. The number of thioether (sulfide) groups is 1. The molecule has 9 nitrogen and oxygen atoms in total. The van der Waals surface area contributed by atoms with Crippen LogP contribution in [0.15, 0.2) is 66.9 Å². The highest BCUT2D eigenvalue weighted by Crippen LogP contribution is 2.36. The van der Waals surface area contributed by atoms with E-state index in [0.29, 0.717) is 44.8 Å². The minimum absolute atomic E-state index is 0.0274. The number of likely N-dealkylation sites (tertiary alicyclic amines) is 1. The second-order valence-corrected chi connectivity index (χ2v) is 12.6. The Morgan fingerprint density at radius 1 is 1.31 bits per heavy atom. The molecule has 2 aliphatic heterocycles. The van der Waals surface area contributed by atoms with Gasteiger partial charge in [-0.25, -0.2) is 4.98 Å². The Morgan fingerprint density at radius 3 is 2.93 bits per heavy atom. The monoisotopic (exact) mass is 601 g/mol. The number of carbonyl (C=O) groups is 2. The van der Waals surface area contributed by atoms with Crippen molar-refractivity contribution in [2.45, 2.75) is 24.5 Å². The molecular weight excluding hydrogens is 567 g/mol. The number of nitrogens with zero attached hydrogens (tertiary/aromatic N) is 5. The molecule has 3 aromatic rings.